The second-order valence-electron chi connectivity index (χ2n) is 12.0. The van der Waals surface area contributed by atoms with Gasteiger partial charge in [0.25, 0.3) is 0 Å². The number of hydrogen-bond acceptors (Lipinski definition) is 1. The lowest BCUT2D eigenvalue weighted by Gasteiger charge is -2.13. The molecule has 3 nitrogen and oxygen atoms in total. The Hall–Kier alpha value is -6.19. The monoisotopic (exact) mass is 585 g/mol. The molecule has 46 heavy (non-hydrogen) atoms. The fourth-order valence-corrected chi connectivity index (χ4v) is 7.40. The molecule has 0 fully saturated rings. The molecule has 0 saturated carbocycles. The molecule has 0 radical (unpaired) electrons. The molecule has 0 saturated heterocycles. The molecule has 7 aromatic carbocycles. The molecule has 3 heteroatoms. The van der Waals surface area contributed by atoms with Crippen LogP contribution < -0.4 is 0 Å². The highest BCUT2D eigenvalue weighted by atomic mass is 15.0. The summed E-state index contributed by atoms with van der Waals surface area (Å²) >= 11 is 0. The van der Waals surface area contributed by atoms with Crippen LogP contribution in [0.3, 0.4) is 0 Å². The number of fused-ring (bicyclic) bond motifs is 11. The van der Waals surface area contributed by atoms with E-state index >= 15 is 0 Å². The van der Waals surface area contributed by atoms with Gasteiger partial charge in [-0.2, -0.15) is 0 Å². The smallest absolute Gasteiger partial charge is 0.137 e. The maximum Gasteiger partial charge on any atom is 0.137 e. The molecule has 0 unspecified atom stereocenters. The molecule has 0 aliphatic heterocycles. The fraction of sp³-hybridized carbons (Fsp3) is 0. The van der Waals surface area contributed by atoms with Crippen molar-refractivity contribution in [2.24, 2.45) is 0 Å². The standard InChI is InChI=1S/C43H27N3/c1-2-11-28(12-3-1)30-20-22-35-37(26-30)38-27-31(21-23-36(38)43-42(35)44-41-19-8-9-24-45(41)43)29-13-10-14-32(25-29)46-39-17-6-4-15-33(39)34-16-5-7-18-40(34)46/h1-27H. The van der Waals surface area contributed by atoms with Crippen LogP contribution in [0.2, 0.25) is 0 Å². The Morgan fingerprint density at radius 3 is 1.78 bits per heavy atom. The van der Waals surface area contributed by atoms with Crippen LogP contribution in [0.4, 0.5) is 0 Å². The molecule has 0 amide bonds. The van der Waals surface area contributed by atoms with Gasteiger partial charge >= 0.3 is 0 Å². The van der Waals surface area contributed by atoms with Crippen molar-refractivity contribution < 1.29 is 0 Å². The Morgan fingerprint density at radius 1 is 0.391 bits per heavy atom. The van der Waals surface area contributed by atoms with Crippen LogP contribution in [0.25, 0.3) is 88.0 Å². The summed E-state index contributed by atoms with van der Waals surface area (Å²) in [6.07, 6.45) is 2.12. The summed E-state index contributed by atoms with van der Waals surface area (Å²) in [4.78, 5) is 5.13. The molecule has 0 atom stereocenters. The summed E-state index contributed by atoms with van der Waals surface area (Å²) < 4.78 is 4.61. The lowest BCUT2D eigenvalue weighted by molar-refractivity contribution is 1.18. The van der Waals surface area contributed by atoms with Gasteiger partial charge in [-0.3, -0.25) is 4.40 Å². The second-order valence-corrected chi connectivity index (χ2v) is 12.0. The van der Waals surface area contributed by atoms with Crippen molar-refractivity contribution in [3.8, 4) is 27.9 Å². The summed E-state index contributed by atoms with van der Waals surface area (Å²) in [5.41, 5.74) is 11.5. The summed E-state index contributed by atoms with van der Waals surface area (Å²) in [5, 5.41) is 7.35. The summed E-state index contributed by atoms with van der Waals surface area (Å²) in [5.74, 6) is 0. The number of pyridine rings is 1. The van der Waals surface area contributed by atoms with Gasteiger partial charge in [-0.05, 0) is 81.6 Å². The first-order valence-corrected chi connectivity index (χ1v) is 15.7. The van der Waals surface area contributed by atoms with E-state index in [9.17, 15) is 0 Å². The van der Waals surface area contributed by atoms with Crippen LogP contribution in [-0.4, -0.2) is 14.0 Å². The predicted octanol–water partition coefficient (Wildman–Crippen LogP) is 11.2. The van der Waals surface area contributed by atoms with Crippen LogP contribution in [0.5, 0.6) is 0 Å². The Bertz CT molecular complexity index is 2750. The molecular weight excluding hydrogens is 558 g/mol. The first-order chi connectivity index (χ1) is 22.8. The summed E-state index contributed by atoms with van der Waals surface area (Å²) in [6, 6.07) is 56.9. The van der Waals surface area contributed by atoms with Crippen molar-refractivity contribution in [1.82, 2.24) is 14.0 Å². The number of nitrogens with zero attached hydrogens (tertiary/aromatic N) is 3. The van der Waals surface area contributed by atoms with E-state index < -0.39 is 0 Å². The Morgan fingerprint density at radius 2 is 1.00 bits per heavy atom. The predicted molar refractivity (Wildman–Crippen MR) is 193 cm³/mol. The van der Waals surface area contributed by atoms with Gasteiger partial charge < -0.3 is 4.57 Å². The Labute approximate surface area is 265 Å². The maximum absolute atomic E-state index is 5.13. The lowest BCUT2D eigenvalue weighted by Crippen LogP contribution is -1.94. The fourth-order valence-electron chi connectivity index (χ4n) is 7.40. The van der Waals surface area contributed by atoms with Crippen molar-refractivity contribution in [2.75, 3.05) is 0 Å². The van der Waals surface area contributed by atoms with E-state index in [0.29, 0.717) is 0 Å². The van der Waals surface area contributed by atoms with Crippen molar-refractivity contribution in [1.29, 1.82) is 0 Å². The third kappa shape index (κ3) is 3.63. The van der Waals surface area contributed by atoms with Crippen LogP contribution in [0.1, 0.15) is 0 Å². The molecule has 10 aromatic rings. The molecule has 3 heterocycles. The molecule has 10 rings (SSSR count). The quantitative estimate of drug-likeness (QED) is 0.189. The normalized spacial score (nSPS) is 11.9. The maximum atomic E-state index is 5.13. The Kier molecular flexibility index (Phi) is 5.28. The number of rotatable bonds is 3. The minimum Gasteiger partial charge on any atom is -0.309 e. The van der Waals surface area contributed by atoms with Gasteiger partial charge in [0.15, 0.2) is 0 Å². The van der Waals surface area contributed by atoms with E-state index in [0.717, 1.165) is 22.4 Å². The number of para-hydroxylation sites is 2. The van der Waals surface area contributed by atoms with Gasteiger partial charge in [0.2, 0.25) is 0 Å². The molecule has 0 spiro atoms. The third-order valence-corrected chi connectivity index (χ3v) is 9.49. The Balaban J connectivity index is 1.24. The minimum atomic E-state index is 0.960. The van der Waals surface area contributed by atoms with Crippen molar-refractivity contribution in [3.05, 3.63) is 164 Å². The van der Waals surface area contributed by atoms with E-state index in [2.05, 4.69) is 173 Å². The molecule has 214 valence electrons. The molecule has 0 aliphatic rings. The lowest BCUT2D eigenvalue weighted by atomic mass is 9.93. The van der Waals surface area contributed by atoms with Crippen LogP contribution >= 0.6 is 0 Å². The number of hydrogen-bond donors (Lipinski definition) is 0. The molecule has 0 aliphatic carbocycles. The van der Waals surface area contributed by atoms with E-state index in [1.165, 1.54) is 65.6 Å². The number of aromatic nitrogens is 3. The number of imidazole rings is 1. The molecule has 0 N–H and O–H groups in total. The molecular formula is C43H27N3. The van der Waals surface area contributed by atoms with E-state index in [1.807, 2.05) is 0 Å². The van der Waals surface area contributed by atoms with Crippen LogP contribution in [0, 0.1) is 0 Å². The first-order valence-electron chi connectivity index (χ1n) is 15.7. The van der Waals surface area contributed by atoms with Gasteiger partial charge in [-0.1, -0.05) is 109 Å². The topological polar surface area (TPSA) is 22.2 Å². The summed E-state index contributed by atoms with van der Waals surface area (Å²) in [6.45, 7) is 0. The summed E-state index contributed by atoms with van der Waals surface area (Å²) in [7, 11) is 0. The average molecular weight is 586 g/mol. The van der Waals surface area contributed by atoms with Crippen molar-refractivity contribution >= 4 is 60.0 Å². The van der Waals surface area contributed by atoms with Gasteiger partial charge in [-0.25, -0.2) is 4.98 Å². The highest BCUT2D eigenvalue weighted by molar-refractivity contribution is 6.25. The van der Waals surface area contributed by atoms with E-state index in [-0.39, 0.29) is 0 Å². The van der Waals surface area contributed by atoms with Gasteiger partial charge in [0.05, 0.1) is 22.1 Å². The van der Waals surface area contributed by atoms with Crippen molar-refractivity contribution in [2.45, 2.75) is 0 Å². The highest BCUT2D eigenvalue weighted by Gasteiger charge is 2.17. The van der Waals surface area contributed by atoms with Crippen LogP contribution in [0.15, 0.2) is 164 Å². The second kappa shape index (κ2) is 9.65. The highest BCUT2D eigenvalue weighted by Crippen LogP contribution is 2.40. The third-order valence-electron chi connectivity index (χ3n) is 9.49. The molecule has 3 aromatic heterocycles. The minimum absolute atomic E-state index is 0.960. The zero-order valence-electron chi connectivity index (χ0n) is 24.9. The van der Waals surface area contributed by atoms with Crippen molar-refractivity contribution in [3.63, 3.8) is 0 Å². The molecule has 0 bridgehead atoms. The first kappa shape index (κ1) is 25.2. The SMILES string of the molecule is c1ccc(-c2ccc3c(c2)c2cc(-c4cccc(-n5c6ccccc6c6ccccc65)c4)ccc2c2c3nc3ccccn32)cc1. The largest absolute Gasteiger partial charge is 0.309 e. The zero-order chi connectivity index (χ0) is 30.2. The van der Waals surface area contributed by atoms with Gasteiger partial charge in [0.1, 0.15) is 5.65 Å². The van der Waals surface area contributed by atoms with Gasteiger partial charge in [0, 0.05) is 33.4 Å². The van der Waals surface area contributed by atoms with Crippen LogP contribution in [-0.2, 0) is 0 Å². The number of benzene rings is 7. The zero-order valence-corrected chi connectivity index (χ0v) is 24.9. The average Bonchev–Trinajstić information content (AvgIpc) is 3.68. The van der Waals surface area contributed by atoms with E-state index in [4.69, 9.17) is 4.98 Å². The van der Waals surface area contributed by atoms with E-state index in [1.54, 1.807) is 0 Å². The van der Waals surface area contributed by atoms with Gasteiger partial charge in [-0.15, -0.1) is 0 Å².